The molecule has 0 fully saturated rings. The minimum Gasteiger partial charge on any atom is -0.504 e. The zero-order valence-corrected chi connectivity index (χ0v) is 14.4. The van der Waals surface area contributed by atoms with Crippen LogP contribution in [-0.4, -0.2) is 7.11 Å². The number of benzene rings is 2. The lowest BCUT2D eigenvalue weighted by Crippen LogP contribution is -2.30. The molecule has 0 aliphatic carbocycles. The third-order valence-corrected chi connectivity index (χ3v) is 4.12. The highest BCUT2D eigenvalue weighted by molar-refractivity contribution is 5.77. The van der Waals surface area contributed by atoms with E-state index >= 15 is 0 Å². The van der Waals surface area contributed by atoms with E-state index in [9.17, 15) is 0 Å². The molecule has 2 nitrogen and oxygen atoms in total. The van der Waals surface area contributed by atoms with Crippen LogP contribution in [0.2, 0.25) is 0 Å². The van der Waals surface area contributed by atoms with Gasteiger partial charge in [-0.05, 0) is 47.4 Å². The van der Waals surface area contributed by atoms with Gasteiger partial charge in [0.2, 0.25) is 5.69 Å². The van der Waals surface area contributed by atoms with Crippen molar-refractivity contribution < 1.29 is 9.30 Å². The fourth-order valence-electron chi connectivity index (χ4n) is 2.83. The number of pyridine rings is 1. The van der Waals surface area contributed by atoms with E-state index in [0.29, 0.717) is 0 Å². The minimum atomic E-state index is 1.14. The monoisotopic (exact) mass is 316 g/mol. The number of nitrogens with zero attached hydrogens (tertiary/aromatic N) is 1. The Labute approximate surface area is 143 Å². The normalized spacial score (nSPS) is 11.0. The molecule has 0 radical (unpaired) electrons. The van der Waals surface area contributed by atoms with E-state index in [1.54, 1.807) is 13.4 Å². The van der Waals surface area contributed by atoms with Crippen molar-refractivity contribution in [2.24, 2.45) is 7.05 Å². The van der Waals surface area contributed by atoms with Crippen LogP contribution in [0, 0.1) is 6.92 Å². The Balaban J connectivity index is 2.16. The van der Waals surface area contributed by atoms with Crippen LogP contribution < -0.4 is 4.57 Å². The molecular weight excluding hydrogens is 294 g/mol. The fourth-order valence-corrected chi connectivity index (χ4v) is 2.83. The fraction of sp³-hybridized carbons (Fsp3) is 0.136. The quantitative estimate of drug-likeness (QED) is 0.499. The largest absolute Gasteiger partial charge is 0.504 e. The van der Waals surface area contributed by atoms with Gasteiger partial charge in [-0.15, -0.1) is 0 Å². The van der Waals surface area contributed by atoms with Crippen LogP contribution in [0.3, 0.4) is 0 Å². The van der Waals surface area contributed by atoms with Crippen molar-refractivity contribution in [1.82, 2.24) is 0 Å². The van der Waals surface area contributed by atoms with Gasteiger partial charge >= 0.3 is 0 Å². The molecule has 3 aromatic rings. The molecule has 0 saturated carbocycles. The summed E-state index contributed by atoms with van der Waals surface area (Å²) in [6, 6.07) is 21.3. The topological polar surface area (TPSA) is 13.1 Å². The minimum absolute atomic E-state index is 1.14. The lowest BCUT2D eigenvalue weighted by atomic mass is 9.96. The van der Waals surface area contributed by atoms with Gasteiger partial charge in [-0.2, -0.15) is 0 Å². The summed E-state index contributed by atoms with van der Waals surface area (Å²) >= 11 is 0. The Morgan fingerprint density at radius 2 is 1.71 bits per heavy atom. The third kappa shape index (κ3) is 3.38. The van der Waals surface area contributed by atoms with E-state index < -0.39 is 0 Å². The molecule has 0 aliphatic heterocycles. The van der Waals surface area contributed by atoms with Crippen LogP contribution in [0.4, 0.5) is 0 Å². The summed E-state index contributed by atoms with van der Waals surface area (Å²) in [4.78, 5) is 0. The van der Waals surface area contributed by atoms with Gasteiger partial charge in [0.05, 0.1) is 18.9 Å². The molecule has 0 unspecified atom stereocenters. The van der Waals surface area contributed by atoms with Crippen molar-refractivity contribution in [3.63, 3.8) is 0 Å². The molecule has 0 spiro atoms. The number of hydrogen-bond acceptors (Lipinski definition) is 1. The van der Waals surface area contributed by atoms with Crippen molar-refractivity contribution in [2.75, 3.05) is 7.11 Å². The zero-order valence-electron chi connectivity index (χ0n) is 14.4. The predicted molar refractivity (Wildman–Crippen MR) is 99.3 cm³/mol. The summed E-state index contributed by atoms with van der Waals surface area (Å²) in [5.41, 5.74) is 7.17. The number of aromatic nitrogens is 1. The van der Waals surface area contributed by atoms with Gasteiger partial charge in [0.1, 0.15) is 7.05 Å². The van der Waals surface area contributed by atoms with E-state index in [4.69, 9.17) is 4.74 Å². The first-order valence-electron chi connectivity index (χ1n) is 8.04. The van der Waals surface area contributed by atoms with Crippen molar-refractivity contribution in [1.29, 1.82) is 0 Å². The van der Waals surface area contributed by atoms with Gasteiger partial charge < -0.3 is 4.74 Å². The van der Waals surface area contributed by atoms with Gasteiger partial charge in [-0.25, -0.2) is 4.57 Å². The summed E-state index contributed by atoms with van der Waals surface area (Å²) < 4.78 is 7.30. The van der Waals surface area contributed by atoms with Crippen LogP contribution >= 0.6 is 0 Å². The van der Waals surface area contributed by atoms with Crippen molar-refractivity contribution >= 4 is 6.08 Å². The molecule has 0 aliphatic rings. The number of aryl methyl sites for hydroxylation is 2. The van der Waals surface area contributed by atoms with Gasteiger partial charge in [-0.3, -0.25) is 0 Å². The van der Waals surface area contributed by atoms with Crippen molar-refractivity contribution in [2.45, 2.75) is 6.92 Å². The summed E-state index contributed by atoms with van der Waals surface area (Å²) in [5, 5.41) is 0. The Hall–Kier alpha value is -2.87. The van der Waals surface area contributed by atoms with E-state index in [2.05, 4.69) is 79.3 Å². The lowest BCUT2D eigenvalue weighted by Gasteiger charge is -2.09. The summed E-state index contributed by atoms with van der Waals surface area (Å²) in [5.74, 6) is 0. The highest BCUT2D eigenvalue weighted by Gasteiger charge is 2.14. The lowest BCUT2D eigenvalue weighted by molar-refractivity contribution is -0.660. The molecule has 24 heavy (non-hydrogen) atoms. The molecule has 0 bridgehead atoms. The predicted octanol–water partition coefficient (Wildman–Crippen LogP) is 4.77. The summed E-state index contributed by atoms with van der Waals surface area (Å²) in [6.07, 6.45) is 5.84. The molecule has 0 saturated heterocycles. The standard InChI is InChI=1S/C22H22NO/c1-17-11-13-23(2)22(15-17)21-10-9-19(16-20(21)12-14-24-3)18-7-5-4-6-8-18/h4-16H,1-3H3/q+1/b14-12+. The summed E-state index contributed by atoms with van der Waals surface area (Å²) in [7, 11) is 3.74. The number of rotatable bonds is 4. The molecule has 0 amide bonds. The van der Waals surface area contributed by atoms with Crippen molar-refractivity contribution in [3.8, 4) is 22.4 Å². The first-order valence-corrected chi connectivity index (χ1v) is 8.04. The van der Waals surface area contributed by atoms with Crippen LogP contribution in [0.5, 0.6) is 0 Å². The van der Waals surface area contributed by atoms with Gasteiger partial charge in [0.15, 0.2) is 6.20 Å². The van der Waals surface area contributed by atoms with Crippen LogP contribution in [0.25, 0.3) is 28.5 Å². The Morgan fingerprint density at radius 1 is 0.917 bits per heavy atom. The second-order valence-electron chi connectivity index (χ2n) is 5.91. The Morgan fingerprint density at radius 3 is 2.46 bits per heavy atom. The van der Waals surface area contributed by atoms with Gasteiger partial charge in [0, 0.05) is 12.1 Å². The molecule has 2 aromatic carbocycles. The number of hydrogen-bond donors (Lipinski definition) is 0. The van der Waals surface area contributed by atoms with Crippen LogP contribution in [-0.2, 0) is 11.8 Å². The summed E-state index contributed by atoms with van der Waals surface area (Å²) in [6.45, 7) is 2.12. The van der Waals surface area contributed by atoms with Crippen LogP contribution in [0.15, 0.2) is 73.1 Å². The molecule has 3 rings (SSSR count). The average molecular weight is 316 g/mol. The Bertz CT molecular complexity index is 866. The SMILES string of the molecule is CO/C=C/c1cc(-c2ccccc2)ccc1-c1cc(C)cc[n+]1C. The molecule has 0 N–H and O–H groups in total. The molecule has 1 heterocycles. The van der Waals surface area contributed by atoms with E-state index in [1.807, 2.05) is 12.1 Å². The second-order valence-corrected chi connectivity index (χ2v) is 5.91. The highest BCUT2D eigenvalue weighted by Crippen LogP contribution is 2.28. The maximum Gasteiger partial charge on any atom is 0.213 e. The van der Waals surface area contributed by atoms with E-state index in [1.165, 1.54) is 27.9 Å². The molecule has 1 aromatic heterocycles. The highest BCUT2D eigenvalue weighted by atomic mass is 16.5. The maximum absolute atomic E-state index is 5.15. The first-order chi connectivity index (χ1) is 11.7. The average Bonchev–Trinajstić information content (AvgIpc) is 2.62. The van der Waals surface area contributed by atoms with E-state index in [-0.39, 0.29) is 0 Å². The maximum atomic E-state index is 5.15. The smallest absolute Gasteiger partial charge is 0.213 e. The molecule has 0 atom stereocenters. The van der Waals surface area contributed by atoms with Gasteiger partial charge in [0.25, 0.3) is 0 Å². The van der Waals surface area contributed by atoms with Crippen LogP contribution in [0.1, 0.15) is 11.1 Å². The zero-order chi connectivity index (χ0) is 16.9. The molecular formula is C22H22NO+. The first kappa shape index (κ1) is 16.0. The van der Waals surface area contributed by atoms with Crippen molar-refractivity contribution in [3.05, 3.63) is 84.2 Å². The number of methoxy groups -OCH3 is 1. The second kappa shape index (κ2) is 7.14. The van der Waals surface area contributed by atoms with Gasteiger partial charge in [-0.1, -0.05) is 36.4 Å². The Kier molecular flexibility index (Phi) is 4.76. The molecule has 120 valence electrons. The van der Waals surface area contributed by atoms with E-state index in [0.717, 1.165) is 5.56 Å². The molecule has 2 heteroatoms. The number of ether oxygens (including phenoxy) is 1. The third-order valence-electron chi connectivity index (χ3n) is 4.12.